The second-order valence-corrected chi connectivity index (χ2v) is 7.32. The Hall–Kier alpha value is -2.68. The number of piperidine rings is 1. The normalized spacial score (nSPS) is 24.9. The van der Waals surface area contributed by atoms with Gasteiger partial charge in [-0.25, -0.2) is 4.98 Å². The maximum Gasteiger partial charge on any atom is 0.257 e. The first-order chi connectivity index (χ1) is 13.0. The second-order valence-electron chi connectivity index (χ2n) is 7.32. The summed E-state index contributed by atoms with van der Waals surface area (Å²) in [5.74, 6) is 1.44. The number of likely N-dealkylation sites (tertiary alicyclic amines) is 2. The van der Waals surface area contributed by atoms with Gasteiger partial charge in [0.05, 0.1) is 17.2 Å². The van der Waals surface area contributed by atoms with E-state index in [0.717, 1.165) is 11.6 Å². The summed E-state index contributed by atoms with van der Waals surface area (Å²) in [7, 11) is 1.52. The van der Waals surface area contributed by atoms with Crippen LogP contribution in [0.4, 0.5) is 0 Å². The maximum atomic E-state index is 12.9. The molecule has 27 heavy (non-hydrogen) atoms. The number of hydrogen-bond donors (Lipinski definition) is 1. The summed E-state index contributed by atoms with van der Waals surface area (Å²) in [6, 6.07) is 1.67. The molecule has 2 aliphatic rings. The SMILES string of the molecule is COCC(=O)N1CC[C@@]2(c3n[nH]c(C)n3)CN(C(=O)c3ccoc3)C[C@H]2C1. The molecule has 2 aliphatic heterocycles. The molecule has 2 amide bonds. The number of carbonyl (C=O) groups excluding carboxylic acids is 2. The number of amides is 2. The average Bonchev–Trinajstić information content (AvgIpc) is 3.40. The van der Waals surface area contributed by atoms with Gasteiger partial charge in [-0.15, -0.1) is 0 Å². The highest BCUT2D eigenvalue weighted by Crippen LogP contribution is 2.44. The molecule has 9 nitrogen and oxygen atoms in total. The Morgan fingerprint density at radius 2 is 2.22 bits per heavy atom. The molecule has 2 fully saturated rings. The van der Waals surface area contributed by atoms with Crippen LogP contribution >= 0.6 is 0 Å². The minimum absolute atomic E-state index is 0.0307. The minimum atomic E-state index is -0.353. The number of H-pyrrole nitrogens is 1. The fraction of sp³-hybridized carbons (Fsp3) is 0.556. The molecule has 9 heteroatoms. The van der Waals surface area contributed by atoms with Crippen molar-refractivity contribution in [2.75, 3.05) is 39.9 Å². The zero-order valence-electron chi connectivity index (χ0n) is 15.5. The number of nitrogens with one attached hydrogen (secondary N) is 1. The molecule has 4 rings (SSSR count). The second kappa shape index (κ2) is 6.80. The fourth-order valence-corrected chi connectivity index (χ4v) is 4.28. The Morgan fingerprint density at radius 1 is 1.41 bits per heavy atom. The maximum absolute atomic E-state index is 12.9. The van der Waals surface area contributed by atoms with Crippen LogP contribution in [0.5, 0.6) is 0 Å². The van der Waals surface area contributed by atoms with E-state index in [1.165, 1.54) is 19.6 Å². The van der Waals surface area contributed by atoms with Gasteiger partial charge < -0.3 is 19.0 Å². The Morgan fingerprint density at radius 3 is 2.89 bits per heavy atom. The lowest BCUT2D eigenvalue weighted by Crippen LogP contribution is -2.52. The Labute approximate surface area is 156 Å². The van der Waals surface area contributed by atoms with E-state index in [1.807, 2.05) is 16.7 Å². The third-order valence-electron chi connectivity index (χ3n) is 5.68. The van der Waals surface area contributed by atoms with E-state index in [-0.39, 0.29) is 29.8 Å². The molecule has 0 aliphatic carbocycles. The largest absolute Gasteiger partial charge is 0.472 e. The molecular weight excluding hydrogens is 350 g/mol. The number of rotatable bonds is 4. The number of nitrogens with zero attached hydrogens (tertiary/aromatic N) is 4. The molecule has 4 heterocycles. The minimum Gasteiger partial charge on any atom is -0.472 e. The highest BCUT2D eigenvalue weighted by molar-refractivity contribution is 5.94. The average molecular weight is 373 g/mol. The monoisotopic (exact) mass is 373 g/mol. The van der Waals surface area contributed by atoms with Gasteiger partial charge in [-0.1, -0.05) is 0 Å². The number of methoxy groups -OCH3 is 1. The Kier molecular flexibility index (Phi) is 4.47. The highest BCUT2D eigenvalue weighted by Gasteiger charge is 2.54. The molecule has 0 spiro atoms. The van der Waals surface area contributed by atoms with Crippen molar-refractivity contribution in [3.05, 3.63) is 35.8 Å². The van der Waals surface area contributed by atoms with E-state index in [4.69, 9.17) is 9.15 Å². The highest BCUT2D eigenvalue weighted by atomic mass is 16.5. The van der Waals surface area contributed by atoms with Crippen molar-refractivity contribution in [3.8, 4) is 0 Å². The van der Waals surface area contributed by atoms with Gasteiger partial charge in [0.25, 0.3) is 5.91 Å². The number of furan rings is 1. The molecule has 0 bridgehead atoms. The molecule has 144 valence electrons. The van der Waals surface area contributed by atoms with E-state index in [2.05, 4.69) is 15.2 Å². The summed E-state index contributed by atoms with van der Waals surface area (Å²) in [6.45, 7) is 4.17. The zero-order valence-corrected chi connectivity index (χ0v) is 15.5. The van der Waals surface area contributed by atoms with E-state index in [9.17, 15) is 9.59 Å². The number of fused-ring (bicyclic) bond motifs is 1. The third-order valence-corrected chi connectivity index (χ3v) is 5.68. The van der Waals surface area contributed by atoms with Gasteiger partial charge in [0.1, 0.15) is 18.7 Å². The molecular formula is C18H23N5O4. The molecule has 0 saturated carbocycles. The van der Waals surface area contributed by atoms with Crippen molar-refractivity contribution in [1.82, 2.24) is 25.0 Å². The van der Waals surface area contributed by atoms with Crippen LogP contribution in [0.2, 0.25) is 0 Å². The molecule has 1 N–H and O–H groups in total. The Bertz CT molecular complexity index is 833. The quantitative estimate of drug-likeness (QED) is 0.841. The Balaban J connectivity index is 1.62. The lowest BCUT2D eigenvalue weighted by Gasteiger charge is -2.41. The van der Waals surface area contributed by atoms with Crippen LogP contribution in [0.3, 0.4) is 0 Å². The summed E-state index contributed by atoms with van der Waals surface area (Å²) in [5, 5.41) is 7.33. The van der Waals surface area contributed by atoms with Crippen LogP contribution < -0.4 is 0 Å². The van der Waals surface area contributed by atoms with Gasteiger partial charge in [0.2, 0.25) is 5.91 Å². The fourth-order valence-electron chi connectivity index (χ4n) is 4.28. The lowest BCUT2D eigenvalue weighted by atomic mass is 9.72. The van der Waals surface area contributed by atoms with Crippen LogP contribution in [0.1, 0.15) is 28.4 Å². The number of aromatic nitrogens is 3. The van der Waals surface area contributed by atoms with Crippen LogP contribution in [-0.4, -0.2) is 76.7 Å². The van der Waals surface area contributed by atoms with Crippen molar-refractivity contribution in [1.29, 1.82) is 0 Å². The van der Waals surface area contributed by atoms with Crippen LogP contribution in [0, 0.1) is 12.8 Å². The van der Waals surface area contributed by atoms with E-state index < -0.39 is 0 Å². The van der Waals surface area contributed by atoms with E-state index in [1.54, 1.807) is 6.07 Å². The predicted molar refractivity (Wildman–Crippen MR) is 94.0 cm³/mol. The summed E-state index contributed by atoms with van der Waals surface area (Å²) >= 11 is 0. The number of aromatic amines is 1. The predicted octanol–water partition coefficient (Wildman–Crippen LogP) is 0.595. The van der Waals surface area contributed by atoms with Crippen LogP contribution in [0.25, 0.3) is 0 Å². The first kappa shape index (κ1) is 17.7. The van der Waals surface area contributed by atoms with Gasteiger partial charge in [-0.3, -0.25) is 14.7 Å². The van der Waals surface area contributed by atoms with Crippen molar-refractivity contribution in [2.45, 2.75) is 18.8 Å². The topological polar surface area (TPSA) is 105 Å². The van der Waals surface area contributed by atoms with Crippen LogP contribution in [0.15, 0.2) is 23.0 Å². The molecule has 0 unspecified atom stereocenters. The smallest absolute Gasteiger partial charge is 0.257 e. The van der Waals surface area contributed by atoms with Crippen molar-refractivity contribution >= 4 is 11.8 Å². The van der Waals surface area contributed by atoms with Gasteiger partial charge in [0, 0.05) is 39.2 Å². The number of carbonyl (C=O) groups is 2. The molecule has 2 aromatic rings. The number of aryl methyl sites for hydroxylation is 1. The first-order valence-electron chi connectivity index (χ1n) is 9.01. The summed E-state index contributed by atoms with van der Waals surface area (Å²) in [5.41, 5.74) is 0.177. The summed E-state index contributed by atoms with van der Waals surface area (Å²) < 4.78 is 10.1. The molecule has 0 radical (unpaired) electrons. The van der Waals surface area contributed by atoms with E-state index in [0.29, 0.717) is 38.2 Å². The number of hydrogen-bond acceptors (Lipinski definition) is 6. The van der Waals surface area contributed by atoms with Crippen molar-refractivity contribution < 1.29 is 18.7 Å². The zero-order chi connectivity index (χ0) is 19.0. The van der Waals surface area contributed by atoms with Gasteiger partial charge >= 0.3 is 0 Å². The summed E-state index contributed by atoms with van der Waals surface area (Å²) in [4.78, 5) is 33.4. The van der Waals surface area contributed by atoms with Gasteiger partial charge in [-0.2, -0.15) is 5.10 Å². The van der Waals surface area contributed by atoms with Crippen LogP contribution in [-0.2, 0) is 14.9 Å². The molecule has 2 atom stereocenters. The third kappa shape index (κ3) is 3.01. The molecule has 0 aromatic carbocycles. The van der Waals surface area contributed by atoms with Crippen molar-refractivity contribution in [3.63, 3.8) is 0 Å². The van der Waals surface area contributed by atoms with Crippen molar-refractivity contribution in [2.24, 2.45) is 5.92 Å². The van der Waals surface area contributed by atoms with E-state index >= 15 is 0 Å². The lowest BCUT2D eigenvalue weighted by molar-refractivity contribution is -0.137. The van der Waals surface area contributed by atoms with Gasteiger partial charge in [0.15, 0.2) is 5.82 Å². The van der Waals surface area contributed by atoms with Gasteiger partial charge in [-0.05, 0) is 19.4 Å². The first-order valence-corrected chi connectivity index (χ1v) is 9.01. The molecule has 2 saturated heterocycles. The number of ether oxygens (including phenoxy) is 1. The standard InChI is InChI=1S/C18H23N5O4/c1-12-19-17(21-20-12)18-4-5-22(15(24)10-26-2)7-14(18)8-23(11-18)16(25)13-3-6-27-9-13/h3,6,9,14H,4-5,7-8,10-11H2,1-2H3,(H,19,20,21)/t14-,18-/m1/s1. The molecule has 2 aromatic heterocycles. The summed E-state index contributed by atoms with van der Waals surface area (Å²) in [6.07, 6.45) is 3.66.